The van der Waals surface area contributed by atoms with Crippen molar-refractivity contribution in [2.75, 3.05) is 7.11 Å². The minimum Gasteiger partial charge on any atom is -0.469 e. The van der Waals surface area contributed by atoms with E-state index in [0.29, 0.717) is 41.9 Å². The molecule has 0 bridgehead atoms. The number of Topliss-reactive ketones (excluding diaryl/α,β-unsaturated/α-hetero) is 1. The maximum Gasteiger partial charge on any atom is 0.312 e. The van der Waals surface area contributed by atoms with Crippen molar-refractivity contribution >= 4 is 11.8 Å². The number of ether oxygens (including phenoxy) is 1. The SMILES string of the molecule is C=C(C)[C@@H]1CC[C@]2(C(=O)OC)CCC3C(CCC4[C@@]3(C)CCC3C(C)(C)C(O)C(=O)C[C@@]34C)C12. The molecular weight excluding hydrogens is 424 g/mol. The van der Waals surface area contributed by atoms with Crippen LogP contribution in [-0.4, -0.2) is 30.1 Å². The Bertz CT molecular complexity index is 905. The van der Waals surface area contributed by atoms with Crippen molar-refractivity contribution in [2.45, 2.75) is 98.5 Å². The van der Waals surface area contributed by atoms with Crippen molar-refractivity contribution in [1.29, 1.82) is 0 Å². The fourth-order valence-electron chi connectivity index (χ4n) is 11.3. The number of hydrogen-bond acceptors (Lipinski definition) is 4. The molecule has 5 fully saturated rings. The molecule has 34 heavy (non-hydrogen) atoms. The van der Waals surface area contributed by atoms with Crippen LogP contribution in [0.1, 0.15) is 92.4 Å². The summed E-state index contributed by atoms with van der Waals surface area (Å²) in [5.41, 5.74) is 0.644. The number of rotatable bonds is 2. The van der Waals surface area contributed by atoms with Crippen molar-refractivity contribution in [2.24, 2.45) is 57.2 Å². The highest BCUT2D eigenvalue weighted by Gasteiger charge is 2.69. The maximum atomic E-state index is 13.2. The molecule has 0 aliphatic heterocycles. The van der Waals surface area contributed by atoms with Gasteiger partial charge in [0.25, 0.3) is 0 Å². The van der Waals surface area contributed by atoms with E-state index in [1.807, 2.05) is 0 Å². The predicted molar refractivity (Wildman–Crippen MR) is 133 cm³/mol. The average molecular weight is 471 g/mol. The summed E-state index contributed by atoms with van der Waals surface area (Å²) in [5, 5.41) is 10.8. The molecule has 1 N–H and O–H groups in total. The van der Waals surface area contributed by atoms with Gasteiger partial charge in [0.05, 0.1) is 12.5 Å². The van der Waals surface area contributed by atoms with Gasteiger partial charge in [0.15, 0.2) is 5.78 Å². The van der Waals surface area contributed by atoms with E-state index in [9.17, 15) is 14.7 Å². The number of aliphatic hydroxyl groups excluding tert-OH is 1. The van der Waals surface area contributed by atoms with Crippen LogP contribution < -0.4 is 0 Å². The molecule has 0 heterocycles. The first-order valence-corrected chi connectivity index (χ1v) is 13.8. The Kier molecular flexibility index (Phi) is 5.53. The van der Waals surface area contributed by atoms with Gasteiger partial charge in [-0.15, -0.1) is 0 Å². The second-order valence-electron chi connectivity index (χ2n) is 14.1. The average Bonchev–Trinajstić information content (AvgIpc) is 3.18. The van der Waals surface area contributed by atoms with E-state index in [0.717, 1.165) is 44.9 Å². The normalized spacial score (nSPS) is 51.5. The van der Waals surface area contributed by atoms with Crippen LogP contribution in [-0.2, 0) is 14.3 Å². The highest BCUT2D eigenvalue weighted by atomic mass is 16.5. The van der Waals surface area contributed by atoms with Gasteiger partial charge < -0.3 is 9.84 Å². The summed E-state index contributed by atoms with van der Waals surface area (Å²) < 4.78 is 5.44. The molecular formula is C30H46O4. The zero-order valence-electron chi connectivity index (χ0n) is 22.3. The van der Waals surface area contributed by atoms with Crippen LogP contribution in [0.15, 0.2) is 12.2 Å². The first-order chi connectivity index (χ1) is 15.8. The molecule has 0 spiro atoms. The summed E-state index contributed by atoms with van der Waals surface area (Å²) in [5.74, 6) is 2.77. The monoisotopic (exact) mass is 470 g/mol. The first-order valence-electron chi connectivity index (χ1n) is 13.8. The number of carbonyl (C=O) groups excluding carboxylic acids is 2. The zero-order chi connectivity index (χ0) is 24.8. The van der Waals surface area contributed by atoms with Gasteiger partial charge >= 0.3 is 5.97 Å². The predicted octanol–water partition coefficient (Wildman–Crippen LogP) is 5.97. The quantitative estimate of drug-likeness (QED) is 0.399. The van der Waals surface area contributed by atoms with Gasteiger partial charge in [-0.2, -0.15) is 0 Å². The Morgan fingerprint density at radius 1 is 0.971 bits per heavy atom. The number of fused-ring (bicyclic) bond motifs is 7. The maximum absolute atomic E-state index is 13.2. The Labute approximate surface area is 206 Å². The van der Waals surface area contributed by atoms with Crippen LogP contribution in [0, 0.1) is 57.2 Å². The fraction of sp³-hybridized carbons (Fsp3) is 0.867. The van der Waals surface area contributed by atoms with Crippen LogP contribution >= 0.6 is 0 Å². The van der Waals surface area contributed by atoms with Crippen LogP contribution in [0.3, 0.4) is 0 Å². The minimum absolute atomic E-state index is 0.0104. The summed E-state index contributed by atoms with van der Waals surface area (Å²) in [6.45, 7) is 15.7. The van der Waals surface area contributed by atoms with E-state index in [2.05, 4.69) is 41.2 Å². The van der Waals surface area contributed by atoms with Crippen LogP contribution in [0.5, 0.6) is 0 Å². The molecule has 0 aromatic rings. The molecule has 5 rings (SSSR count). The molecule has 5 aliphatic carbocycles. The number of ketones is 1. The third kappa shape index (κ3) is 2.93. The lowest BCUT2D eigenvalue weighted by Gasteiger charge is -2.68. The lowest BCUT2D eigenvalue weighted by Crippen LogP contribution is -2.65. The van der Waals surface area contributed by atoms with Gasteiger partial charge in [0, 0.05) is 11.8 Å². The van der Waals surface area contributed by atoms with Gasteiger partial charge in [-0.3, -0.25) is 9.59 Å². The van der Waals surface area contributed by atoms with E-state index >= 15 is 0 Å². The summed E-state index contributed by atoms with van der Waals surface area (Å²) in [4.78, 5) is 26.3. The van der Waals surface area contributed by atoms with Crippen molar-refractivity contribution in [3.05, 3.63) is 12.2 Å². The number of allylic oxidation sites excluding steroid dienone is 1. The molecule has 10 atom stereocenters. The molecule has 190 valence electrons. The summed E-state index contributed by atoms with van der Waals surface area (Å²) in [6.07, 6.45) is 8.21. The Morgan fingerprint density at radius 2 is 1.65 bits per heavy atom. The summed E-state index contributed by atoms with van der Waals surface area (Å²) in [7, 11) is 1.56. The van der Waals surface area contributed by atoms with Crippen LogP contribution in [0.4, 0.5) is 0 Å². The van der Waals surface area contributed by atoms with Crippen LogP contribution in [0.25, 0.3) is 0 Å². The topological polar surface area (TPSA) is 63.6 Å². The van der Waals surface area contributed by atoms with Crippen molar-refractivity contribution in [3.63, 3.8) is 0 Å². The van der Waals surface area contributed by atoms with Gasteiger partial charge in [-0.05, 0) is 105 Å². The number of esters is 1. The van der Waals surface area contributed by atoms with E-state index in [1.165, 1.54) is 12.0 Å². The molecule has 0 aromatic heterocycles. The van der Waals surface area contributed by atoms with Crippen molar-refractivity contribution in [3.8, 4) is 0 Å². The third-order valence-corrected chi connectivity index (χ3v) is 12.5. The standard InChI is InChI=1S/C30H46O4/c1-17(2)18-10-14-30(26(33)34-7)15-11-20-19(24(18)30)8-9-23-28(20,5)13-12-22-27(3,4)25(32)21(31)16-29(22,23)6/h18-20,22-25,32H,1,8-16H2,2-7H3/t18-,19?,20?,22?,23?,24?,25?,28-,29-,30-/m0/s1. The zero-order valence-corrected chi connectivity index (χ0v) is 22.3. The Morgan fingerprint density at radius 3 is 2.29 bits per heavy atom. The van der Waals surface area contributed by atoms with Gasteiger partial charge in [0.2, 0.25) is 0 Å². The minimum atomic E-state index is -0.837. The van der Waals surface area contributed by atoms with Crippen molar-refractivity contribution < 1.29 is 19.4 Å². The van der Waals surface area contributed by atoms with Gasteiger partial charge in [-0.25, -0.2) is 0 Å². The largest absolute Gasteiger partial charge is 0.469 e. The molecule has 4 heteroatoms. The molecule has 0 aromatic carbocycles. The van der Waals surface area contributed by atoms with E-state index < -0.39 is 6.10 Å². The van der Waals surface area contributed by atoms with E-state index in [4.69, 9.17) is 4.74 Å². The lowest BCUT2D eigenvalue weighted by molar-refractivity contribution is -0.215. The number of methoxy groups -OCH3 is 1. The highest BCUT2D eigenvalue weighted by Crippen LogP contribution is 2.73. The molecule has 4 nitrogen and oxygen atoms in total. The Balaban J connectivity index is 1.53. The number of carbonyl (C=O) groups is 2. The molecule has 0 amide bonds. The van der Waals surface area contributed by atoms with Gasteiger partial charge in [0.1, 0.15) is 6.10 Å². The molecule has 0 saturated heterocycles. The number of hydrogen-bond donors (Lipinski definition) is 1. The smallest absolute Gasteiger partial charge is 0.312 e. The summed E-state index contributed by atoms with van der Waals surface area (Å²) in [6, 6.07) is 0. The highest BCUT2D eigenvalue weighted by molar-refractivity contribution is 5.85. The summed E-state index contributed by atoms with van der Waals surface area (Å²) >= 11 is 0. The molecule has 0 radical (unpaired) electrons. The van der Waals surface area contributed by atoms with E-state index in [1.54, 1.807) is 7.11 Å². The fourth-order valence-corrected chi connectivity index (χ4v) is 11.3. The third-order valence-electron chi connectivity index (χ3n) is 12.5. The van der Waals surface area contributed by atoms with Crippen molar-refractivity contribution in [1.82, 2.24) is 0 Å². The molecule has 5 saturated carbocycles. The second kappa shape index (κ2) is 7.67. The van der Waals surface area contributed by atoms with E-state index in [-0.39, 0.29) is 33.4 Å². The molecule has 5 aliphatic rings. The van der Waals surface area contributed by atoms with Crippen LogP contribution in [0.2, 0.25) is 0 Å². The Hall–Kier alpha value is -1.16. The second-order valence-corrected chi connectivity index (χ2v) is 14.1. The molecule has 6 unspecified atom stereocenters. The number of aliphatic hydroxyl groups is 1. The van der Waals surface area contributed by atoms with Gasteiger partial charge in [-0.1, -0.05) is 39.8 Å². The first kappa shape index (κ1) is 24.5. The lowest BCUT2D eigenvalue weighted by atomic mass is 9.36.